The number of aryl methyl sites for hydroxylation is 1. The minimum Gasteiger partial charge on any atom is -0.383 e. The first-order valence-electron chi connectivity index (χ1n) is 10.4. The maximum absolute atomic E-state index is 13.3. The zero-order chi connectivity index (χ0) is 22.1. The van der Waals surface area contributed by atoms with E-state index in [-0.39, 0.29) is 17.9 Å². The van der Waals surface area contributed by atoms with E-state index in [0.29, 0.717) is 57.1 Å². The summed E-state index contributed by atoms with van der Waals surface area (Å²) in [6.07, 6.45) is 0.714. The standard InChI is InChI=1S/C23H34N2O5/c1-17(2)30-14-6-11-25-22(26)20(19-9-7-18(3)8-10-19)21(23(25)27)24(12-15-28-4)13-16-29-5/h7-10,17H,6,11-16H2,1-5H3. The maximum atomic E-state index is 13.3. The van der Waals surface area contributed by atoms with Gasteiger partial charge in [0.2, 0.25) is 0 Å². The fraction of sp³-hybridized carbons (Fsp3) is 0.565. The highest BCUT2D eigenvalue weighted by atomic mass is 16.5. The fourth-order valence-corrected chi connectivity index (χ4v) is 3.32. The van der Waals surface area contributed by atoms with E-state index in [1.54, 1.807) is 14.2 Å². The Morgan fingerprint density at radius 2 is 1.53 bits per heavy atom. The van der Waals surface area contributed by atoms with E-state index in [1.807, 2.05) is 49.9 Å². The first-order valence-corrected chi connectivity index (χ1v) is 10.4. The van der Waals surface area contributed by atoms with Crippen molar-refractivity contribution in [2.45, 2.75) is 33.3 Å². The van der Waals surface area contributed by atoms with Crippen molar-refractivity contribution in [2.75, 3.05) is 53.7 Å². The summed E-state index contributed by atoms with van der Waals surface area (Å²) < 4.78 is 16.0. The van der Waals surface area contributed by atoms with Gasteiger partial charge in [-0.25, -0.2) is 0 Å². The normalized spacial score (nSPS) is 14.4. The summed E-state index contributed by atoms with van der Waals surface area (Å²) in [4.78, 5) is 29.9. The second-order valence-corrected chi connectivity index (χ2v) is 7.60. The van der Waals surface area contributed by atoms with Crippen LogP contribution in [0.1, 0.15) is 31.4 Å². The van der Waals surface area contributed by atoms with Gasteiger partial charge in [0.1, 0.15) is 5.70 Å². The third-order valence-corrected chi connectivity index (χ3v) is 4.91. The third-order valence-electron chi connectivity index (χ3n) is 4.91. The maximum Gasteiger partial charge on any atom is 0.277 e. The molecule has 166 valence electrons. The molecule has 0 saturated carbocycles. The number of benzene rings is 1. The molecule has 0 radical (unpaired) electrons. The topological polar surface area (TPSA) is 68.3 Å². The highest BCUT2D eigenvalue weighted by molar-refractivity contribution is 6.35. The molecule has 1 aliphatic rings. The van der Waals surface area contributed by atoms with Gasteiger partial charge in [-0.05, 0) is 32.8 Å². The second-order valence-electron chi connectivity index (χ2n) is 7.60. The van der Waals surface area contributed by atoms with Gasteiger partial charge in [-0.3, -0.25) is 14.5 Å². The van der Waals surface area contributed by atoms with E-state index < -0.39 is 0 Å². The van der Waals surface area contributed by atoms with Crippen molar-refractivity contribution in [3.8, 4) is 0 Å². The van der Waals surface area contributed by atoms with Crippen LogP contribution in [0.3, 0.4) is 0 Å². The molecule has 7 nitrogen and oxygen atoms in total. The first-order chi connectivity index (χ1) is 14.4. The lowest BCUT2D eigenvalue weighted by molar-refractivity contribution is -0.137. The van der Waals surface area contributed by atoms with Crippen LogP contribution >= 0.6 is 0 Å². The minimum atomic E-state index is -0.271. The molecule has 1 aromatic rings. The lowest BCUT2D eigenvalue weighted by Crippen LogP contribution is -2.38. The average Bonchev–Trinajstić information content (AvgIpc) is 2.96. The number of carbonyl (C=O) groups excluding carboxylic acids is 2. The molecule has 0 N–H and O–H groups in total. The Bertz CT molecular complexity index is 734. The number of imide groups is 1. The number of hydrogen-bond acceptors (Lipinski definition) is 6. The average molecular weight is 419 g/mol. The summed E-state index contributed by atoms with van der Waals surface area (Å²) in [5, 5.41) is 0. The van der Waals surface area contributed by atoms with Crippen molar-refractivity contribution in [2.24, 2.45) is 0 Å². The van der Waals surface area contributed by atoms with E-state index in [9.17, 15) is 9.59 Å². The third kappa shape index (κ3) is 6.14. The van der Waals surface area contributed by atoms with Crippen LogP contribution in [-0.4, -0.2) is 81.4 Å². The number of nitrogens with zero attached hydrogens (tertiary/aromatic N) is 2. The van der Waals surface area contributed by atoms with Crippen molar-refractivity contribution in [1.29, 1.82) is 0 Å². The molecular weight excluding hydrogens is 384 g/mol. The van der Waals surface area contributed by atoms with E-state index in [0.717, 1.165) is 11.1 Å². The summed E-state index contributed by atoms with van der Waals surface area (Å²) in [7, 11) is 3.23. The van der Waals surface area contributed by atoms with E-state index in [2.05, 4.69) is 0 Å². The smallest absolute Gasteiger partial charge is 0.277 e. The summed E-state index contributed by atoms with van der Waals surface area (Å²) in [6, 6.07) is 7.69. The van der Waals surface area contributed by atoms with Crippen LogP contribution in [0.2, 0.25) is 0 Å². The zero-order valence-electron chi connectivity index (χ0n) is 18.8. The highest BCUT2D eigenvalue weighted by Gasteiger charge is 2.41. The van der Waals surface area contributed by atoms with Crippen LogP contribution < -0.4 is 0 Å². The number of amides is 2. The lowest BCUT2D eigenvalue weighted by atomic mass is 10.0. The number of rotatable bonds is 13. The largest absolute Gasteiger partial charge is 0.383 e. The molecule has 0 fully saturated rings. The van der Waals surface area contributed by atoms with E-state index >= 15 is 0 Å². The van der Waals surface area contributed by atoms with Gasteiger partial charge >= 0.3 is 0 Å². The molecule has 0 aliphatic carbocycles. The Balaban J connectivity index is 2.36. The predicted octanol–water partition coefficient (Wildman–Crippen LogP) is 2.48. The van der Waals surface area contributed by atoms with Crippen LogP contribution in [0.25, 0.3) is 5.57 Å². The van der Waals surface area contributed by atoms with E-state index in [4.69, 9.17) is 14.2 Å². The molecule has 1 aromatic carbocycles. The molecule has 30 heavy (non-hydrogen) atoms. The molecule has 2 rings (SSSR count). The van der Waals surface area contributed by atoms with E-state index in [1.165, 1.54) is 4.90 Å². The van der Waals surface area contributed by atoms with Crippen molar-refractivity contribution >= 4 is 17.4 Å². The summed E-state index contributed by atoms with van der Waals surface area (Å²) in [5.41, 5.74) is 2.70. The molecular formula is C23H34N2O5. The van der Waals surface area contributed by atoms with Gasteiger partial charge in [0, 0.05) is 40.5 Å². The Morgan fingerprint density at radius 3 is 2.07 bits per heavy atom. The molecule has 2 amide bonds. The fourth-order valence-electron chi connectivity index (χ4n) is 3.32. The Kier molecular flexibility index (Phi) is 9.49. The van der Waals surface area contributed by atoms with Gasteiger partial charge in [0.05, 0.1) is 24.9 Å². The number of ether oxygens (including phenoxy) is 3. The van der Waals surface area contributed by atoms with Gasteiger partial charge in [0.15, 0.2) is 0 Å². The molecule has 0 bridgehead atoms. The van der Waals surface area contributed by atoms with Gasteiger partial charge in [-0.2, -0.15) is 0 Å². The molecule has 0 spiro atoms. The molecule has 0 unspecified atom stereocenters. The molecule has 7 heteroatoms. The van der Waals surface area contributed by atoms with Gasteiger partial charge in [-0.15, -0.1) is 0 Å². The van der Waals surface area contributed by atoms with Crippen LogP contribution in [-0.2, 0) is 23.8 Å². The first kappa shape index (κ1) is 24.1. The van der Waals surface area contributed by atoms with Gasteiger partial charge in [-0.1, -0.05) is 29.8 Å². The zero-order valence-corrected chi connectivity index (χ0v) is 18.8. The van der Waals surface area contributed by atoms with Crippen molar-refractivity contribution in [3.63, 3.8) is 0 Å². The summed E-state index contributed by atoms with van der Waals surface area (Å²) in [6.45, 7) is 8.62. The van der Waals surface area contributed by atoms with Gasteiger partial charge < -0.3 is 19.1 Å². The van der Waals surface area contributed by atoms with Crippen LogP contribution in [0.5, 0.6) is 0 Å². The van der Waals surface area contributed by atoms with Crippen molar-refractivity contribution < 1.29 is 23.8 Å². The number of methoxy groups -OCH3 is 2. The van der Waals surface area contributed by atoms with Gasteiger partial charge in [0.25, 0.3) is 11.8 Å². The summed E-state index contributed by atoms with van der Waals surface area (Å²) in [5.74, 6) is -0.532. The monoisotopic (exact) mass is 418 g/mol. The van der Waals surface area contributed by atoms with Crippen LogP contribution in [0.4, 0.5) is 0 Å². The number of carbonyl (C=O) groups is 2. The van der Waals surface area contributed by atoms with Crippen molar-refractivity contribution in [3.05, 3.63) is 41.1 Å². The minimum absolute atomic E-state index is 0.116. The SMILES string of the molecule is COCCN(CCOC)C1=C(c2ccc(C)cc2)C(=O)N(CCCOC(C)C)C1=O. The number of hydrogen-bond donors (Lipinski definition) is 0. The Hall–Kier alpha value is -2.22. The lowest BCUT2D eigenvalue weighted by Gasteiger charge is -2.25. The predicted molar refractivity (Wildman–Crippen MR) is 116 cm³/mol. The molecule has 0 atom stereocenters. The molecule has 0 saturated heterocycles. The Labute approximate surface area is 179 Å². The van der Waals surface area contributed by atoms with Crippen molar-refractivity contribution in [1.82, 2.24) is 9.80 Å². The molecule has 0 aromatic heterocycles. The second kappa shape index (κ2) is 11.8. The Morgan fingerprint density at radius 1 is 0.933 bits per heavy atom. The molecule has 1 heterocycles. The van der Waals surface area contributed by atoms with Crippen LogP contribution in [0.15, 0.2) is 30.0 Å². The highest BCUT2D eigenvalue weighted by Crippen LogP contribution is 2.32. The summed E-state index contributed by atoms with van der Waals surface area (Å²) >= 11 is 0. The molecule has 1 aliphatic heterocycles. The van der Waals surface area contributed by atoms with Crippen LogP contribution in [0, 0.1) is 6.92 Å². The quantitative estimate of drug-likeness (QED) is 0.362.